The lowest BCUT2D eigenvalue weighted by Crippen LogP contribution is -2.32. The van der Waals surface area contributed by atoms with Gasteiger partial charge in [0.2, 0.25) is 0 Å². The van der Waals surface area contributed by atoms with E-state index in [4.69, 9.17) is 13.9 Å². The van der Waals surface area contributed by atoms with Gasteiger partial charge in [-0.1, -0.05) is 0 Å². The molecule has 0 aliphatic rings. The van der Waals surface area contributed by atoms with Gasteiger partial charge in [0.1, 0.15) is 0 Å². The van der Waals surface area contributed by atoms with Gasteiger partial charge in [-0.3, -0.25) is 0 Å². The van der Waals surface area contributed by atoms with Gasteiger partial charge < -0.3 is 13.9 Å². The van der Waals surface area contributed by atoms with Crippen LogP contribution >= 0.6 is 0 Å². The van der Waals surface area contributed by atoms with E-state index in [0.29, 0.717) is 13.2 Å². The average Bonchev–Trinajstić information content (AvgIpc) is 2.00. The van der Waals surface area contributed by atoms with E-state index in [9.17, 15) is 0 Å². The predicted molar refractivity (Wildman–Crippen MR) is 53.6 cm³/mol. The van der Waals surface area contributed by atoms with Crippen LogP contribution in [0.4, 0.5) is 0 Å². The third-order valence-electron chi connectivity index (χ3n) is 1.10. The van der Waals surface area contributed by atoms with Gasteiger partial charge in [0.15, 0.2) is 5.91 Å². The molecule has 0 N–H and O–H groups in total. The van der Waals surface area contributed by atoms with Gasteiger partial charge in [-0.15, -0.1) is 0 Å². The highest BCUT2D eigenvalue weighted by Crippen LogP contribution is 2.07. The molecule has 0 amide bonds. The first-order chi connectivity index (χ1) is 5.99. The van der Waals surface area contributed by atoms with Gasteiger partial charge in [0.05, 0.1) is 0 Å². The maximum absolute atomic E-state index is 5.57. The van der Waals surface area contributed by atoms with Crippen molar-refractivity contribution < 1.29 is 13.9 Å². The molecule has 0 saturated carbocycles. The Hall–Kier alpha value is 0.0969. The summed E-state index contributed by atoms with van der Waals surface area (Å²) in [5, 5.41) is 0. The second-order valence-electron chi connectivity index (χ2n) is 3.57. The van der Waals surface area contributed by atoms with Gasteiger partial charge in [0, 0.05) is 18.8 Å². The number of rotatable bonds is 6. The second-order valence-corrected chi connectivity index (χ2v) is 4.49. The number of ether oxygens (including phenoxy) is 2. The van der Waals surface area contributed by atoms with Gasteiger partial charge >= 0.3 is 0 Å². The molecule has 0 spiro atoms. The quantitative estimate of drug-likeness (QED) is 0.487. The molecule has 4 heteroatoms. The number of hydrogen-bond acceptors (Lipinski definition) is 3. The summed E-state index contributed by atoms with van der Waals surface area (Å²) >= 11 is 0. The highest BCUT2D eigenvalue weighted by molar-refractivity contribution is 6.28. The molecule has 0 aromatic carbocycles. The topological polar surface area (TPSA) is 27.7 Å². The first-order valence-corrected chi connectivity index (χ1v) is 5.65. The summed E-state index contributed by atoms with van der Waals surface area (Å²) in [5.41, 5.74) is -0.120. The lowest BCUT2D eigenvalue weighted by Gasteiger charge is -2.23. The van der Waals surface area contributed by atoms with Crippen LogP contribution in [0.2, 0.25) is 0 Å². The zero-order valence-corrected chi connectivity index (χ0v) is 10.2. The maximum Gasteiger partial charge on any atom is 0.300 e. The Kier molecular flexibility index (Phi) is 6.58. The monoisotopic (exact) mass is 204 g/mol. The fourth-order valence-corrected chi connectivity index (χ4v) is 1.56. The van der Waals surface area contributed by atoms with Crippen LogP contribution in [0.25, 0.3) is 0 Å². The summed E-state index contributed by atoms with van der Waals surface area (Å²) < 4.78 is 16.3. The van der Waals surface area contributed by atoms with Crippen LogP contribution in [0.15, 0.2) is 0 Å². The lowest BCUT2D eigenvalue weighted by molar-refractivity contribution is -0.0942. The third kappa shape index (κ3) is 8.43. The Bertz CT molecular complexity index is 117. The molecule has 0 unspecified atom stereocenters. The van der Waals surface area contributed by atoms with Crippen LogP contribution in [0, 0.1) is 0 Å². The van der Waals surface area contributed by atoms with E-state index in [1.807, 2.05) is 34.6 Å². The highest BCUT2D eigenvalue weighted by Gasteiger charge is 2.17. The average molecular weight is 204 g/mol. The summed E-state index contributed by atoms with van der Waals surface area (Å²) in [7, 11) is 0.244. The van der Waals surface area contributed by atoms with E-state index < -0.39 is 0 Å². The zero-order valence-electron chi connectivity index (χ0n) is 9.22. The van der Waals surface area contributed by atoms with Crippen molar-refractivity contribution in [2.45, 2.75) is 46.1 Å². The van der Waals surface area contributed by atoms with E-state index in [2.05, 4.69) is 0 Å². The van der Waals surface area contributed by atoms with Gasteiger partial charge in [0.25, 0.3) is 9.76 Å². The smallest absolute Gasteiger partial charge is 0.300 e. The Balaban J connectivity index is 3.68. The molecule has 0 aliphatic carbocycles. The Labute approximate surface area is 83.7 Å². The molecule has 0 fully saturated rings. The van der Waals surface area contributed by atoms with Crippen molar-refractivity contribution in [2.75, 3.05) is 13.2 Å². The molecule has 0 aliphatic heterocycles. The van der Waals surface area contributed by atoms with Crippen molar-refractivity contribution in [3.05, 3.63) is 0 Å². The predicted octanol–water partition coefficient (Wildman–Crippen LogP) is 1.78. The summed E-state index contributed by atoms with van der Waals surface area (Å²) in [6, 6.07) is 0. The van der Waals surface area contributed by atoms with Crippen molar-refractivity contribution in [3.8, 4) is 0 Å². The van der Waals surface area contributed by atoms with Gasteiger partial charge in [-0.05, 0) is 34.6 Å². The molecular formula is C9H20O3Si. The SMILES string of the molecule is CCOC(OCC)[Si]OC(C)(C)C. The Morgan fingerprint density at radius 1 is 1.08 bits per heavy atom. The van der Waals surface area contributed by atoms with Crippen LogP contribution < -0.4 is 0 Å². The third-order valence-corrected chi connectivity index (χ3v) is 2.35. The minimum Gasteiger partial charge on any atom is -0.407 e. The van der Waals surface area contributed by atoms with Crippen LogP contribution in [0.5, 0.6) is 0 Å². The summed E-state index contributed by atoms with van der Waals surface area (Å²) in [6.45, 7) is 11.3. The van der Waals surface area contributed by atoms with Crippen LogP contribution in [-0.2, 0) is 13.9 Å². The van der Waals surface area contributed by atoms with E-state index in [1.165, 1.54) is 0 Å². The largest absolute Gasteiger partial charge is 0.407 e. The second kappa shape index (κ2) is 6.54. The zero-order chi connectivity index (χ0) is 10.3. The normalized spacial score (nSPS) is 12.5. The minimum absolute atomic E-state index is 0.120. The molecule has 0 bridgehead atoms. The summed E-state index contributed by atoms with van der Waals surface area (Å²) in [6.07, 6.45) is 0. The van der Waals surface area contributed by atoms with Crippen molar-refractivity contribution >= 4 is 9.76 Å². The molecule has 13 heavy (non-hydrogen) atoms. The van der Waals surface area contributed by atoms with Crippen molar-refractivity contribution in [3.63, 3.8) is 0 Å². The first-order valence-electron chi connectivity index (χ1n) is 4.66. The van der Waals surface area contributed by atoms with Crippen LogP contribution in [0.1, 0.15) is 34.6 Å². The molecule has 0 aromatic rings. The summed E-state index contributed by atoms with van der Waals surface area (Å²) in [5.74, 6) is -0.200. The number of hydrogen-bond donors (Lipinski definition) is 0. The van der Waals surface area contributed by atoms with Gasteiger partial charge in [-0.2, -0.15) is 0 Å². The molecule has 0 atom stereocenters. The molecule has 0 aromatic heterocycles. The fraction of sp³-hybridized carbons (Fsp3) is 1.00. The van der Waals surface area contributed by atoms with E-state index in [-0.39, 0.29) is 21.3 Å². The van der Waals surface area contributed by atoms with Crippen molar-refractivity contribution in [1.29, 1.82) is 0 Å². The van der Waals surface area contributed by atoms with Crippen LogP contribution in [-0.4, -0.2) is 34.5 Å². The summed E-state index contributed by atoms with van der Waals surface area (Å²) in [4.78, 5) is 0. The first kappa shape index (κ1) is 13.1. The van der Waals surface area contributed by atoms with E-state index in [0.717, 1.165) is 0 Å². The molecule has 0 rings (SSSR count). The fourth-order valence-electron chi connectivity index (χ4n) is 0.644. The van der Waals surface area contributed by atoms with Crippen molar-refractivity contribution in [1.82, 2.24) is 0 Å². The molecule has 78 valence electrons. The molecular weight excluding hydrogens is 184 g/mol. The minimum atomic E-state index is -0.200. The highest BCUT2D eigenvalue weighted by atomic mass is 28.2. The lowest BCUT2D eigenvalue weighted by atomic mass is 10.2. The van der Waals surface area contributed by atoms with E-state index >= 15 is 0 Å². The van der Waals surface area contributed by atoms with Gasteiger partial charge in [-0.25, -0.2) is 0 Å². The molecule has 0 heterocycles. The van der Waals surface area contributed by atoms with Crippen molar-refractivity contribution in [2.24, 2.45) is 0 Å². The Morgan fingerprint density at radius 2 is 1.54 bits per heavy atom. The maximum atomic E-state index is 5.57. The molecule has 3 nitrogen and oxygen atoms in total. The molecule has 2 radical (unpaired) electrons. The standard InChI is InChI=1S/C9H20O3Si/c1-6-10-8(11-7-2)13-12-9(3,4)5/h8H,6-7H2,1-5H3. The Morgan fingerprint density at radius 3 is 1.85 bits per heavy atom. The van der Waals surface area contributed by atoms with Crippen LogP contribution in [0.3, 0.4) is 0 Å². The molecule has 0 saturated heterocycles. The van der Waals surface area contributed by atoms with E-state index in [1.54, 1.807) is 0 Å².